The first kappa shape index (κ1) is 103. The Morgan fingerprint density at radius 3 is 1.27 bits per heavy atom. The molecule has 7 N–H and O–H groups in total. The molecule has 118 heavy (non-hydrogen) atoms. The van der Waals surface area contributed by atoms with Crippen molar-refractivity contribution in [3.8, 4) is 0 Å². The highest BCUT2D eigenvalue weighted by Crippen LogP contribution is 2.48. The van der Waals surface area contributed by atoms with Gasteiger partial charge in [-0.25, -0.2) is 9.59 Å². The molecule has 0 saturated carbocycles. The van der Waals surface area contributed by atoms with Crippen molar-refractivity contribution in [3.05, 3.63) is 252 Å². The van der Waals surface area contributed by atoms with Gasteiger partial charge >= 0.3 is 44.1 Å². The van der Waals surface area contributed by atoms with Crippen LogP contribution in [0.4, 0.5) is 0 Å². The number of aliphatic hydroxyl groups excluding tert-OH is 4. The summed E-state index contributed by atoms with van der Waals surface area (Å²) in [7, 11) is 0.889. The fourth-order valence-corrected chi connectivity index (χ4v) is 17.3. The Bertz CT molecular complexity index is 4120. The quantitative estimate of drug-likeness (QED) is 0.00470. The molecule has 19 nitrogen and oxygen atoms in total. The largest absolute Gasteiger partial charge is 0.494 e. The lowest BCUT2D eigenvalue weighted by atomic mass is 9.66. The first-order chi connectivity index (χ1) is 55.8. The van der Waals surface area contributed by atoms with Crippen molar-refractivity contribution in [2.24, 2.45) is 10.8 Å². The van der Waals surface area contributed by atoms with E-state index in [-0.39, 0.29) is 63.2 Å². The summed E-state index contributed by atoms with van der Waals surface area (Å²) >= 11 is 14.2. The predicted molar refractivity (Wildman–Crippen MR) is 482 cm³/mol. The molecule has 7 unspecified atom stereocenters. The molecule has 25 heteroatoms. The number of benzene rings is 7. The zero-order chi connectivity index (χ0) is 87.6. The van der Waals surface area contributed by atoms with Gasteiger partial charge in [-0.3, -0.25) is 14.4 Å². The van der Waals surface area contributed by atoms with E-state index in [9.17, 15) is 34.2 Å². The number of esters is 5. The van der Waals surface area contributed by atoms with Crippen molar-refractivity contribution in [1.82, 2.24) is 0 Å². The van der Waals surface area contributed by atoms with Crippen LogP contribution in [0.15, 0.2) is 224 Å². The van der Waals surface area contributed by atoms with Crippen molar-refractivity contribution < 1.29 is 92.5 Å². The van der Waals surface area contributed by atoms with Crippen LogP contribution in [0.1, 0.15) is 187 Å². The molecule has 640 valence electrons. The minimum Gasteiger partial charge on any atom is -0.468 e. The second kappa shape index (κ2) is 51.8. The molecule has 7 aromatic carbocycles. The van der Waals surface area contributed by atoms with E-state index in [1.807, 2.05) is 172 Å². The van der Waals surface area contributed by atoms with Gasteiger partial charge in [0.05, 0.1) is 91.4 Å². The molecule has 1 aliphatic heterocycles. The first-order valence-electron chi connectivity index (χ1n) is 39.9. The Labute approximate surface area is 720 Å². The Balaban J connectivity index is 0.000000340. The molecule has 7 atom stereocenters. The third kappa shape index (κ3) is 36.3. The van der Waals surface area contributed by atoms with Crippen LogP contribution in [0.2, 0.25) is 0 Å². The second-order valence-corrected chi connectivity index (χ2v) is 36.6. The summed E-state index contributed by atoms with van der Waals surface area (Å²) in [4.78, 5) is 63.6. The molecule has 1 saturated heterocycles. The molecular formula is C93H124B2O19S4. The minimum atomic E-state index is -1.83. The molecule has 8 rings (SSSR count). The fraction of sp³-hybridized carbons (Fsp3) is 0.452. The highest BCUT2D eigenvalue weighted by molar-refractivity contribution is 8.25. The van der Waals surface area contributed by atoms with Crippen molar-refractivity contribution in [3.63, 3.8) is 0 Å². The number of hydrogen-bond donors (Lipinski definition) is 7. The minimum absolute atomic E-state index is 0.00278. The van der Waals surface area contributed by atoms with Gasteiger partial charge in [0.1, 0.15) is 4.75 Å². The van der Waals surface area contributed by atoms with E-state index in [1.54, 1.807) is 56.8 Å². The summed E-state index contributed by atoms with van der Waals surface area (Å²) in [6.45, 7) is 25.3. The van der Waals surface area contributed by atoms with Crippen LogP contribution in [-0.4, -0.2) is 171 Å². The predicted octanol–water partition coefficient (Wildman–Crippen LogP) is 15.1. The van der Waals surface area contributed by atoms with Gasteiger partial charge in [-0.2, -0.15) is 0 Å². The third-order valence-corrected chi connectivity index (χ3v) is 23.1. The number of rotatable bonds is 39. The lowest BCUT2D eigenvalue weighted by molar-refractivity contribution is -0.171. The van der Waals surface area contributed by atoms with E-state index >= 15 is 0 Å². The Morgan fingerprint density at radius 2 is 0.873 bits per heavy atom. The van der Waals surface area contributed by atoms with E-state index in [0.717, 1.165) is 51.2 Å². The maximum Gasteiger partial charge on any atom is 0.494 e. The highest BCUT2D eigenvalue weighted by atomic mass is 32.2. The van der Waals surface area contributed by atoms with Gasteiger partial charge in [0.2, 0.25) is 0 Å². The van der Waals surface area contributed by atoms with Gasteiger partial charge < -0.3 is 68.6 Å². The molecule has 1 fully saturated rings. The van der Waals surface area contributed by atoms with Crippen molar-refractivity contribution in [1.29, 1.82) is 0 Å². The Morgan fingerprint density at radius 1 is 0.500 bits per heavy atom. The second-order valence-electron chi connectivity index (χ2n) is 32.2. The van der Waals surface area contributed by atoms with Crippen molar-refractivity contribution in [2.45, 2.75) is 204 Å². The SMILES string of the molecule is C=C(C)C(=O)OCCCCC(O)CO.CC(C)(SC(=S)c1ccccc1)c1ccccc1.COC(=O)C(C)(CC(C)(CC(C)(C)c1ccccc1)C(=O)OCCCCC(O)CO)SC(=S)c1ccccc1.COC(=O)C(C)(O)CC(C)(CC(C)(C)c1ccccc1)C(=O)OCCCCC1COB(c2ccccc2)O1.OB(O)c1ccccc1. The molecule has 0 bridgehead atoms. The number of hydrogen-bond acceptors (Lipinski definition) is 23. The molecule has 0 radical (unpaired) electrons. The molecule has 1 aliphatic rings. The summed E-state index contributed by atoms with van der Waals surface area (Å²) in [6, 6.07) is 68.5. The molecule has 0 aliphatic carbocycles. The van der Waals surface area contributed by atoms with Crippen LogP contribution in [-0.2, 0) is 72.5 Å². The standard InChI is InChI=1S/C31H42O6S2.C30H41BO7.C16H16S2.C10H18O4.C6H7BO2/c1-29(2,24-16-10-7-11-17-24)21-30(3,27(34)37-19-13-12-18-25(33)20-32)22-31(4,28(35)36-5)39-26(38)23-14-8-6-9-15-23;1-28(2,23-14-8-6-9-15-23)21-29(3,22-30(4,34)27(33)35-5)26(32)36-19-13-12-18-25-20-37-31(38-25)24-16-10-7-11-17-24;1-16(2,14-11-7-4-8-12-14)18-15(17)13-9-5-3-6-10-13;1-8(2)10(13)14-6-4-3-5-9(12)7-11;8-7(9)6-4-2-1-3-5-6/h6-11,14-17,25,32-33H,12-13,18-22H2,1-5H3;6-11,14-17,25,34H,12-13,18-22H2,1-5H3;3-12H,1-2H3;9,11-12H,1,3-7H2,2H3;1-5,8-9H. The van der Waals surface area contributed by atoms with Crippen LogP contribution in [0.5, 0.6) is 0 Å². The molecule has 0 amide bonds. The van der Waals surface area contributed by atoms with Gasteiger partial charge in [0.15, 0.2) is 5.60 Å². The number of methoxy groups -OCH3 is 2. The number of carbonyl (C=O) groups is 5. The fourth-order valence-electron chi connectivity index (χ4n) is 13.7. The topological polar surface area (TPSA) is 292 Å². The van der Waals surface area contributed by atoms with E-state index in [1.165, 1.54) is 38.5 Å². The number of aliphatic hydroxyl groups is 5. The van der Waals surface area contributed by atoms with Crippen LogP contribution < -0.4 is 10.9 Å². The first-order valence-corrected chi connectivity index (χ1v) is 42.4. The lowest BCUT2D eigenvalue weighted by Gasteiger charge is -2.40. The highest BCUT2D eigenvalue weighted by Gasteiger charge is 2.51. The van der Waals surface area contributed by atoms with Crippen LogP contribution in [0, 0.1) is 10.8 Å². The van der Waals surface area contributed by atoms with Crippen LogP contribution in [0.25, 0.3) is 0 Å². The number of unbranched alkanes of at least 4 members (excludes halogenated alkanes) is 3. The number of ether oxygens (including phenoxy) is 5. The van der Waals surface area contributed by atoms with Crippen LogP contribution in [0.3, 0.4) is 0 Å². The average molecular weight is 1700 g/mol. The Hall–Kier alpha value is -7.72. The molecule has 0 aromatic heterocycles. The summed E-state index contributed by atoms with van der Waals surface area (Å²) < 4.78 is 38.5. The molecule has 7 aromatic rings. The van der Waals surface area contributed by atoms with Gasteiger partial charge in [-0.15, -0.1) is 11.8 Å². The third-order valence-electron chi connectivity index (χ3n) is 19.8. The molecule has 0 spiro atoms. The monoisotopic (exact) mass is 1690 g/mol. The zero-order valence-electron chi connectivity index (χ0n) is 70.9. The van der Waals surface area contributed by atoms with Gasteiger partial charge in [-0.1, -0.05) is 283 Å². The Kier molecular flexibility index (Phi) is 45.0. The molecule has 1 heterocycles. The summed E-state index contributed by atoms with van der Waals surface area (Å²) in [5, 5.41) is 64.1. The van der Waals surface area contributed by atoms with Gasteiger partial charge in [-0.05, 0) is 175 Å². The normalized spacial score (nSPS) is 15.1. The van der Waals surface area contributed by atoms with E-state index < -0.39 is 75.2 Å². The van der Waals surface area contributed by atoms with E-state index in [4.69, 9.17) is 82.8 Å². The zero-order valence-corrected chi connectivity index (χ0v) is 74.2. The maximum absolute atomic E-state index is 13.8. The van der Waals surface area contributed by atoms with Gasteiger partial charge in [0, 0.05) is 16.7 Å². The number of carbonyl (C=O) groups excluding carboxylic acids is 5. The number of thiocarbonyl (C=S) groups is 2. The number of thioether (sulfide) groups is 2. The van der Waals surface area contributed by atoms with Crippen LogP contribution >= 0.6 is 48.0 Å². The summed E-state index contributed by atoms with van der Waals surface area (Å²) in [6.07, 6.45) is 5.25. The lowest BCUT2D eigenvalue weighted by Crippen LogP contribution is -2.47. The summed E-state index contributed by atoms with van der Waals surface area (Å²) in [5.74, 6) is -2.44. The smallest absolute Gasteiger partial charge is 0.468 e. The van der Waals surface area contributed by atoms with E-state index in [0.29, 0.717) is 79.8 Å². The maximum atomic E-state index is 13.8. The average Bonchev–Trinajstić information content (AvgIpc) is 0.895. The van der Waals surface area contributed by atoms with Gasteiger partial charge in [0.25, 0.3) is 0 Å². The van der Waals surface area contributed by atoms with Crippen molar-refractivity contribution >= 4 is 111 Å². The summed E-state index contributed by atoms with van der Waals surface area (Å²) in [5.41, 5.74) is 2.50. The van der Waals surface area contributed by atoms with Crippen molar-refractivity contribution in [2.75, 3.05) is 53.9 Å². The van der Waals surface area contributed by atoms with E-state index in [2.05, 4.69) is 70.7 Å². The molecular weight excluding hydrogens is 1570 g/mol.